The van der Waals surface area contributed by atoms with Crippen molar-refractivity contribution >= 4 is 29.5 Å². The summed E-state index contributed by atoms with van der Waals surface area (Å²) in [4.78, 5) is 50.7. The van der Waals surface area contributed by atoms with Gasteiger partial charge in [0.15, 0.2) is 0 Å². The van der Waals surface area contributed by atoms with Crippen molar-refractivity contribution in [2.45, 2.75) is 26.1 Å². The van der Waals surface area contributed by atoms with Crippen molar-refractivity contribution < 1.29 is 38.5 Å². The van der Waals surface area contributed by atoms with E-state index in [0.29, 0.717) is 5.75 Å². The average molecular weight is 491 g/mol. The predicted molar refractivity (Wildman–Crippen MR) is 130 cm³/mol. The number of carboxylic acid groups (broad SMARTS) is 1. The molecule has 0 aliphatic rings. The van der Waals surface area contributed by atoms with E-state index >= 15 is 0 Å². The van der Waals surface area contributed by atoms with Crippen LogP contribution in [-0.4, -0.2) is 48.2 Å². The highest BCUT2D eigenvalue weighted by atomic mass is 16.6. The zero-order chi connectivity index (χ0) is 26.2. The molecule has 0 heterocycles. The highest BCUT2D eigenvalue weighted by Crippen LogP contribution is 2.20. The summed E-state index contributed by atoms with van der Waals surface area (Å²) in [5.74, 6) is -4.20. The molecule has 3 aromatic rings. The van der Waals surface area contributed by atoms with Crippen molar-refractivity contribution in [3.05, 3.63) is 95.1 Å². The van der Waals surface area contributed by atoms with Gasteiger partial charge in [-0.2, -0.15) is 0 Å². The van der Waals surface area contributed by atoms with Crippen molar-refractivity contribution in [3.8, 4) is 5.75 Å². The summed E-state index contributed by atoms with van der Waals surface area (Å²) < 4.78 is 15.6. The molecule has 0 spiro atoms. The van der Waals surface area contributed by atoms with E-state index in [1.165, 1.54) is 43.5 Å². The quantitative estimate of drug-likeness (QED) is 0.433. The van der Waals surface area contributed by atoms with Gasteiger partial charge >= 0.3 is 17.9 Å². The van der Waals surface area contributed by atoms with Gasteiger partial charge in [0.05, 0.1) is 18.2 Å². The number of hydrogen-bond acceptors (Lipinski definition) is 7. The number of aryl methyl sites for hydroxylation is 2. The van der Waals surface area contributed by atoms with Gasteiger partial charge in [-0.3, -0.25) is 4.79 Å². The zero-order valence-electron chi connectivity index (χ0n) is 19.9. The molecule has 3 rings (SSSR count). The van der Waals surface area contributed by atoms with Crippen molar-refractivity contribution in [3.63, 3.8) is 0 Å². The molecule has 186 valence electrons. The van der Waals surface area contributed by atoms with Crippen molar-refractivity contribution in [2.24, 2.45) is 0 Å². The van der Waals surface area contributed by atoms with Gasteiger partial charge in [0.1, 0.15) is 5.75 Å². The van der Waals surface area contributed by atoms with Crippen LogP contribution in [0, 0.1) is 13.8 Å². The second-order valence-corrected chi connectivity index (χ2v) is 7.94. The Balaban J connectivity index is 1.91. The first kappa shape index (κ1) is 26.0. The second-order valence-electron chi connectivity index (χ2n) is 7.94. The maximum Gasteiger partial charge on any atom is 0.349 e. The van der Waals surface area contributed by atoms with Crippen molar-refractivity contribution in [1.82, 2.24) is 0 Å². The highest BCUT2D eigenvalue weighted by molar-refractivity contribution is 6.01. The number of carbonyl (C=O) groups is 4. The van der Waals surface area contributed by atoms with E-state index in [9.17, 15) is 24.3 Å². The van der Waals surface area contributed by atoms with Crippen LogP contribution in [0.5, 0.6) is 5.75 Å². The van der Waals surface area contributed by atoms with Gasteiger partial charge in [0.25, 0.3) is 5.91 Å². The Morgan fingerprint density at radius 2 is 1.25 bits per heavy atom. The van der Waals surface area contributed by atoms with Gasteiger partial charge in [-0.05, 0) is 50.2 Å². The lowest BCUT2D eigenvalue weighted by atomic mass is 10.1. The van der Waals surface area contributed by atoms with Gasteiger partial charge in [0.2, 0.25) is 12.2 Å². The lowest BCUT2D eigenvalue weighted by Gasteiger charge is -2.23. The Hall–Kier alpha value is -4.66. The maximum atomic E-state index is 13.2. The third-order valence-electron chi connectivity index (χ3n) is 5.16. The Bertz CT molecular complexity index is 1250. The molecular weight excluding hydrogens is 466 g/mol. The number of rotatable bonds is 9. The van der Waals surface area contributed by atoms with E-state index in [1.54, 1.807) is 36.4 Å². The van der Waals surface area contributed by atoms with Crippen LogP contribution in [0.2, 0.25) is 0 Å². The topological polar surface area (TPSA) is 128 Å². The van der Waals surface area contributed by atoms with Crippen LogP contribution < -0.4 is 10.1 Å². The smallest absolute Gasteiger partial charge is 0.349 e. The summed E-state index contributed by atoms with van der Waals surface area (Å²) in [6.07, 6.45) is -4.13. The Kier molecular flexibility index (Phi) is 8.40. The first-order valence-corrected chi connectivity index (χ1v) is 10.9. The third-order valence-corrected chi connectivity index (χ3v) is 5.16. The SMILES string of the molecule is COc1cccc(NC(=O)[C@H](OC(=O)c2ccc(C)cc2)[C@@H](OC(=O)c2ccc(C)cc2)C(=O)O)c1. The summed E-state index contributed by atoms with van der Waals surface area (Å²) in [5.41, 5.74) is 2.18. The molecule has 1 amide bonds. The molecule has 2 atom stereocenters. The molecule has 3 aromatic carbocycles. The lowest BCUT2D eigenvalue weighted by molar-refractivity contribution is -0.157. The van der Waals surface area contributed by atoms with E-state index < -0.39 is 36.0 Å². The molecular formula is C27H25NO8. The fraction of sp³-hybridized carbons (Fsp3) is 0.185. The first-order chi connectivity index (χ1) is 17.2. The van der Waals surface area contributed by atoms with Crippen molar-refractivity contribution in [2.75, 3.05) is 12.4 Å². The number of methoxy groups -OCH3 is 1. The van der Waals surface area contributed by atoms with Gasteiger partial charge in [-0.25, -0.2) is 14.4 Å². The van der Waals surface area contributed by atoms with Gasteiger partial charge in [0, 0.05) is 11.8 Å². The summed E-state index contributed by atoms with van der Waals surface area (Å²) in [6.45, 7) is 3.64. The van der Waals surface area contributed by atoms with E-state index in [2.05, 4.69) is 5.32 Å². The summed E-state index contributed by atoms with van der Waals surface area (Å²) in [6, 6.07) is 18.8. The van der Waals surface area contributed by atoms with E-state index in [-0.39, 0.29) is 16.8 Å². The summed E-state index contributed by atoms with van der Waals surface area (Å²) in [7, 11) is 1.44. The fourth-order valence-electron chi connectivity index (χ4n) is 3.15. The second kappa shape index (κ2) is 11.7. The number of ether oxygens (including phenoxy) is 3. The third kappa shape index (κ3) is 6.69. The number of benzene rings is 3. The minimum Gasteiger partial charge on any atom is -0.497 e. The average Bonchev–Trinajstić information content (AvgIpc) is 2.86. The number of nitrogens with one attached hydrogen (secondary N) is 1. The Morgan fingerprint density at radius 1 is 0.750 bits per heavy atom. The summed E-state index contributed by atoms with van der Waals surface area (Å²) in [5, 5.41) is 12.3. The Labute approximate surface area is 207 Å². The predicted octanol–water partition coefficient (Wildman–Crippen LogP) is 3.79. The maximum absolute atomic E-state index is 13.2. The molecule has 0 saturated heterocycles. The van der Waals surface area contributed by atoms with Crippen LogP contribution in [0.1, 0.15) is 31.8 Å². The molecule has 0 fully saturated rings. The van der Waals surface area contributed by atoms with Crippen LogP contribution >= 0.6 is 0 Å². The zero-order valence-corrected chi connectivity index (χ0v) is 19.9. The van der Waals surface area contributed by atoms with Crippen LogP contribution in [0.15, 0.2) is 72.8 Å². The molecule has 9 heteroatoms. The number of aliphatic carboxylic acids is 1. The molecule has 0 aliphatic carbocycles. The molecule has 0 bridgehead atoms. The molecule has 0 radical (unpaired) electrons. The van der Waals surface area contributed by atoms with Crippen LogP contribution in [-0.2, 0) is 19.1 Å². The molecule has 0 saturated carbocycles. The lowest BCUT2D eigenvalue weighted by Crippen LogP contribution is -2.48. The number of esters is 2. The van der Waals surface area contributed by atoms with Crippen LogP contribution in [0.4, 0.5) is 5.69 Å². The largest absolute Gasteiger partial charge is 0.497 e. The number of amides is 1. The van der Waals surface area contributed by atoms with Crippen LogP contribution in [0.3, 0.4) is 0 Å². The molecule has 36 heavy (non-hydrogen) atoms. The number of carboxylic acids is 1. The highest BCUT2D eigenvalue weighted by Gasteiger charge is 2.41. The fourth-order valence-corrected chi connectivity index (χ4v) is 3.15. The van der Waals surface area contributed by atoms with Crippen LogP contribution in [0.25, 0.3) is 0 Å². The molecule has 0 unspecified atom stereocenters. The summed E-state index contributed by atoms with van der Waals surface area (Å²) >= 11 is 0. The van der Waals surface area contributed by atoms with Gasteiger partial charge < -0.3 is 24.6 Å². The molecule has 0 aromatic heterocycles. The van der Waals surface area contributed by atoms with E-state index in [0.717, 1.165) is 11.1 Å². The first-order valence-electron chi connectivity index (χ1n) is 10.9. The minimum absolute atomic E-state index is 0.0728. The normalized spacial score (nSPS) is 12.1. The standard InChI is InChI=1S/C27H25NO8/c1-16-7-11-18(12-8-16)26(32)35-22(24(29)28-20-5-4-6-21(15-20)34-3)23(25(30)31)36-27(33)19-13-9-17(2)10-14-19/h4-15,22-23H,1-3H3,(H,28,29)(H,30,31)/t22-,23-/m1/s1. The van der Waals surface area contributed by atoms with Gasteiger partial charge in [-0.1, -0.05) is 41.5 Å². The van der Waals surface area contributed by atoms with Crippen molar-refractivity contribution in [1.29, 1.82) is 0 Å². The van der Waals surface area contributed by atoms with E-state index in [1.807, 2.05) is 13.8 Å². The molecule has 9 nitrogen and oxygen atoms in total. The molecule has 2 N–H and O–H groups in total. The number of hydrogen-bond donors (Lipinski definition) is 2. The Morgan fingerprint density at radius 3 is 1.72 bits per heavy atom. The minimum atomic E-state index is -2.13. The van der Waals surface area contributed by atoms with E-state index in [4.69, 9.17) is 14.2 Å². The number of carbonyl (C=O) groups excluding carboxylic acids is 3. The monoisotopic (exact) mass is 491 g/mol. The molecule has 0 aliphatic heterocycles. The number of anilines is 1. The van der Waals surface area contributed by atoms with Gasteiger partial charge in [-0.15, -0.1) is 0 Å².